The second-order valence-electron chi connectivity index (χ2n) is 6.94. The lowest BCUT2D eigenvalue weighted by molar-refractivity contribution is 0.247. The Hall–Kier alpha value is -4.40. The van der Waals surface area contributed by atoms with Gasteiger partial charge in [-0.2, -0.15) is 0 Å². The predicted molar refractivity (Wildman–Crippen MR) is 117 cm³/mol. The number of anilines is 2. The van der Waals surface area contributed by atoms with Crippen LogP contribution in [0.5, 0.6) is 0 Å². The third-order valence-electron chi connectivity index (χ3n) is 4.84. The van der Waals surface area contributed by atoms with Gasteiger partial charge >= 0.3 is 6.01 Å². The summed E-state index contributed by atoms with van der Waals surface area (Å²) in [6.45, 7) is 0.587. The Kier molecular flexibility index (Phi) is 5.60. The van der Waals surface area contributed by atoms with Gasteiger partial charge in [-0.3, -0.25) is 4.98 Å². The molecule has 0 unspecified atom stereocenters. The molecule has 0 radical (unpaired) electrons. The number of nitrogens with zero attached hydrogens (tertiary/aromatic N) is 5. The van der Waals surface area contributed by atoms with E-state index in [1.165, 1.54) is 18.8 Å². The Labute approximate surface area is 184 Å². The van der Waals surface area contributed by atoms with Crippen LogP contribution in [0.25, 0.3) is 11.5 Å². The fourth-order valence-corrected chi connectivity index (χ4v) is 3.31. The molecule has 0 bridgehead atoms. The van der Waals surface area contributed by atoms with E-state index >= 15 is 0 Å². The monoisotopic (exact) mass is 428 g/mol. The minimum Gasteiger partial charge on any atom is -0.464 e. The molecule has 0 amide bonds. The average Bonchev–Trinajstić information content (AvgIpc) is 3.34. The first-order valence-electron chi connectivity index (χ1n) is 10.1. The molecule has 1 N–H and O–H groups in total. The van der Waals surface area contributed by atoms with Crippen molar-refractivity contribution < 1.29 is 13.9 Å². The van der Waals surface area contributed by atoms with Crippen LogP contribution in [0.4, 0.5) is 11.8 Å². The van der Waals surface area contributed by atoms with Gasteiger partial charge in [0, 0.05) is 30.8 Å². The summed E-state index contributed by atoms with van der Waals surface area (Å²) < 4.78 is 17.0. The van der Waals surface area contributed by atoms with Gasteiger partial charge in [-0.1, -0.05) is 17.3 Å². The molecule has 4 heterocycles. The number of ether oxygens (including phenoxy) is 2. The Morgan fingerprint density at radius 3 is 2.81 bits per heavy atom. The number of rotatable bonds is 7. The van der Waals surface area contributed by atoms with E-state index < -0.39 is 0 Å². The topological polar surface area (TPSA) is 98.4 Å². The smallest absolute Gasteiger partial charge is 0.330 e. The number of nitrogens with one attached hydrogen (secondary N) is 1. The van der Waals surface area contributed by atoms with Crippen molar-refractivity contribution in [1.82, 2.24) is 20.2 Å². The highest BCUT2D eigenvalue weighted by Gasteiger charge is 2.26. The number of allylic oxidation sites excluding steroid dienone is 4. The first-order chi connectivity index (χ1) is 15.9. The lowest BCUT2D eigenvalue weighted by atomic mass is 10.1. The molecular weight excluding hydrogens is 408 g/mol. The zero-order chi connectivity index (χ0) is 21.6. The number of hydrogen-bond acceptors (Lipinski definition) is 9. The van der Waals surface area contributed by atoms with Crippen molar-refractivity contribution in [2.45, 2.75) is 19.4 Å². The molecule has 5 rings (SSSR count). The fraction of sp³-hybridized carbons (Fsp3) is 0.130. The molecule has 9 nitrogen and oxygen atoms in total. The van der Waals surface area contributed by atoms with Gasteiger partial charge in [-0.25, -0.2) is 9.88 Å². The zero-order valence-electron chi connectivity index (χ0n) is 17.1. The summed E-state index contributed by atoms with van der Waals surface area (Å²) in [5.74, 6) is 1.42. The van der Waals surface area contributed by atoms with Gasteiger partial charge < -0.3 is 19.2 Å². The van der Waals surface area contributed by atoms with Crippen LogP contribution in [0.3, 0.4) is 0 Å². The first-order valence-corrected chi connectivity index (χ1v) is 10.1. The highest BCUT2D eigenvalue weighted by molar-refractivity contribution is 5.69. The van der Waals surface area contributed by atoms with Gasteiger partial charge in [-0.15, -0.1) is 5.10 Å². The van der Waals surface area contributed by atoms with Crippen molar-refractivity contribution in [2.75, 3.05) is 10.2 Å². The number of aromatic nitrogens is 4. The lowest BCUT2D eigenvalue weighted by Gasteiger charge is -2.25. The Bertz CT molecular complexity index is 1200. The summed E-state index contributed by atoms with van der Waals surface area (Å²) in [6.07, 6.45) is 17.4. The van der Waals surface area contributed by atoms with E-state index in [2.05, 4.69) is 31.6 Å². The van der Waals surface area contributed by atoms with Crippen LogP contribution in [-0.2, 0) is 16.0 Å². The van der Waals surface area contributed by atoms with Crippen molar-refractivity contribution in [2.24, 2.45) is 0 Å². The molecule has 1 aliphatic carbocycles. The SMILES string of the molecule is C1=CCCC(N(C2=COC=CO2)c2nnc(-c3cccnc3NCc3ccncc3)o2)=C1. The maximum Gasteiger partial charge on any atom is 0.330 e. The second kappa shape index (κ2) is 9.17. The molecule has 0 aromatic carbocycles. The standard InChI is InChI=1S/C23H20N6O3/c1-2-5-18(6-3-1)29(20-16-30-13-14-31-20)23-28-27-22(32-23)19-7-4-10-25-21(19)26-15-17-8-11-24-12-9-17/h1-2,4-5,7-14,16H,3,6,15H2,(H,25,26). The quantitative estimate of drug-likeness (QED) is 0.583. The molecule has 160 valence electrons. The maximum absolute atomic E-state index is 6.08. The number of hydrogen-bond donors (Lipinski definition) is 1. The summed E-state index contributed by atoms with van der Waals surface area (Å²) in [7, 11) is 0. The average molecular weight is 428 g/mol. The van der Waals surface area contributed by atoms with Crippen LogP contribution >= 0.6 is 0 Å². The van der Waals surface area contributed by atoms with Crippen molar-refractivity contribution >= 4 is 11.8 Å². The van der Waals surface area contributed by atoms with Gasteiger partial charge in [0.15, 0.2) is 6.26 Å². The number of pyridine rings is 2. The molecule has 3 aromatic rings. The summed E-state index contributed by atoms with van der Waals surface area (Å²) in [4.78, 5) is 10.2. The molecule has 0 spiro atoms. The highest BCUT2D eigenvalue weighted by atomic mass is 16.5. The van der Waals surface area contributed by atoms with Crippen molar-refractivity contribution in [3.05, 3.63) is 97.0 Å². The minimum absolute atomic E-state index is 0.274. The van der Waals surface area contributed by atoms with E-state index in [0.29, 0.717) is 29.7 Å². The van der Waals surface area contributed by atoms with Crippen LogP contribution in [0.2, 0.25) is 0 Å². The van der Waals surface area contributed by atoms with Gasteiger partial charge in [0.2, 0.25) is 5.88 Å². The normalized spacial score (nSPS) is 14.8. The lowest BCUT2D eigenvalue weighted by Crippen LogP contribution is -2.24. The molecule has 32 heavy (non-hydrogen) atoms. The summed E-state index contributed by atoms with van der Waals surface area (Å²) in [5.41, 5.74) is 2.74. The van der Waals surface area contributed by atoms with Crippen LogP contribution < -0.4 is 10.2 Å². The second-order valence-corrected chi connectivity index (χ2v) is 6.94. The van der Waals surface area contributed by atoms with E-state index in [9.17, 15) is 0 Å². The van der Waals surface area contributed by atoms with E-state index in [1.54, 1.807) is 23.5 Å². The zero-order valence-corrected chi connectivity index (χ0v) is 17.1. The molecule has 0 fully saturated rings. The van der Waals surface area contributed by atoms with E-state index in [0.717, 1.165) is 24.1 Å². The maximum atomic E-state index is 6.08. The summed E-state index contributed by atoms with van der Waals surface area (Å²) >= 11 is 0. The van der Waals surface area contributed by atoms with Crippen molar-refractivity contribution in [3.63, 3.8) is 0 Å². The molecule has 0 saturated carbocycles. The van der Waals surface area contributed by atoms with Gasteiger partial charge in [0.1, 0.15) is 18.3 Å². The highest BCUT2D eigenvalue weighted by Crippen LogP contribution is 2.33. The third kappa shape index (κ3) is 4.22. The predicted octanol–water partition coefficient (Wildman–Crippen LogP) is 4.50. The Morgan fingerprint density at radius 1 is 1.06 bits per heavy atom. The molecule has 3 aromatic heterocycles. The van der Waals surface area contributed by atoms with Crippen molar-refractivity contribution in [1.29, 1.82) is 0 Å². The largest absolute Gasteiger partial charge is 0.464 e. The van der Waals surface area contributed by atoms with Crippen LogP contribution in [0.1, 0.15) is 18.4 Å². The van der Waals surface area contributed by atoms with E-state index in [1.807, 2.05) is 36.4 Å². The fourth-order valence-electron chi connectivity index (χ4n) is 3.31. The molecule has 0 atom stereocenters. The van der Waals surface area contributed by atoms with E-state index in [-0.39, 0.29) is 6.01 Å². The Balaban J connectivity index is 1.44. The molecule has 2 aliphatic rings. The summed E-state index contributed by atoms with van der Waals surface area (Å²) in [6, 6.07) is 7.87. The third-order valence-corrected chi connectivity index (χ3v) is 4.84. The van der Waals surface area contributed by atoms with Crippen LogP contribution in [0, 0.1) is 0 Å². The van der Waals surface area contributed by atoms with Gasteiger partial charge in [-0.05, 0) is 48.7 Å². The van der Waals surface area contributed by atoms with Crippen molar-refractivity contribution in [3.8, 4) is 11.5 Å². The molecule has 0 saturated heterocycles. The molecule has 1 aliphatic heterocycles. The minimum atomic E-state index is 0.274. The Morgan fingerprint density at radius 2 is 2.00 bits per heavy atom. The van der Waals surface area contributed by atoms with Crippen LogP contribution in [-0.4, -0.2) is 20.2 Å². The summed E-state index contributed by atoms with van der Waals surface area (Å²) in [5, 5.41) is 11.9. The molecular formula is C23H20N6O3. The van der Waals surface area contributed by atoms with E-state index in [4.69, 9.17) is 13.9 Å². The molecule has 9 heteroatoms. The first kappa shape index (κ1) is 19.6. The van der Waals surface area contributed by atoms with Gasteiger partial charge in [0.05, 0.1) is 5.56 Å². The van der Waals surface area contributed by atoms with Gasteiger partial charge in [0.25, 0.3) is 5.89 Å². The van der Waals surface area contributed by atoms with Crippen LogP contribution in [0.15, 0.2) is 95.9 Å².